The zero-order valence-corrected chi connectivity index (χ0v) is 12.2. The van der Waals surface area contributed by atoms with Gasteiger partial charge in [-0.3, -0.25) is 14.9 Å². The lowest BCUT2D eigenvalue weighted by molar-refractivity contribution is -0.384. The summed E-state index contributed by atoms with van der Waals surface area (Å²) in [6.07, 6.45) is 0. The highest BCUT2D eigenvalue weighted by Crippen LogP contribution is 2.31. The molecule has 1 N–H and O–H groups in total. The number of benzene rings is 2. The fraction of sp³-hybridized carbons (Fsp3) is 0.133. The summed E-state index contributed by atoms with van der Waals surface area (Å²) >= 11 is 1.52. The number of carbonyl (C=O) groups is 1. The second kappa shape index (κ2) is 6.90. The van der Waals surface area contributed by atoms with Crippen LogP contribution in [-0.4, -0.2) is 10.8 Å². The van der Waals surface area contributed by atoms with Crippen LogP contribution >= 0.6 is 11.8 Å². The first-order valence-electron chi connectivity index (χ1n) is 6.29. The van der Waals surface area contributed by atoms with E-state index in [4.69, 9.17) is 0 Å². The molecule has 6 heteroatoms. The Kier molecular flexibility index (Phi) is 4.94. The maximum atomic E-state index is 11.1. The van der Waals surface area contributed by atoms with Crippen molar-refractivity contribution >= 4 is 29.0 Å². The van der Waals surface area contributed by atoms with Crippen LogP contribution in [-0.2, 0) is 10.5 Å². The lowest BCUT2D eigenvalue weighted by Crippen LogP contribution is -2.07. The van der Waals surface area contributed by atoms with Crippen molar-refractivity contribution in [3.05, 3.63) is 64.2 Å². The molecule has 108 valence electrons. The van der Waals surface area contributed by atoms with Crippen molar-refractivity contribution in [1.29, 1.82) is 0 Å². The molecule has 0 saturated carbocycles. The van der Waals surface area contributed by atoms with Gasteiger partial charge in [-0.25, -0.2) is 0 Å². The van der Waals surface area contributed by atoms with Gasteiger partial charge in [0.15, 0.2) is 0 Å². The molecule has 5 nitrogen and oxygen atoms in total. The molecule has 0 aliphatic carbocycles. The van der Waals surface area contributed by atoms with Crippen LogP contribution in [0.15, 0.2) is 53.4 Å². The van der Waals surface area contributed by atoms with E-state index >= 15 is 0 Å². The molecule has 0 radical (unpaired) electrons. The number of carbonyl (C=O) groups excluding carboxylic acids is 1. The van der Waals surface area contributed by atoms with Crippen LogP contribution in [0, 0.1) is 10.1 Å². The summed E-state index contributed by atoms with van der Waals surface area (Å²) in [4.78, 5) is 22.4. The maximum Gasteiger partial charge on any atom is 0.293 e. The summed E-state index contributed by atoms with van der Waals surface area (Å²) in [5.41, 5.74) is 1.27. The van der Waals surface area contributed by atoms with Crippen LogP contribution in [0.25, 0.3) is 0 Å². The highest BCUT2D eigenvalue weighted by atomic mass is 32.2. The van der Waals surface area contributed by atoms with Gasteiger partial charge in [-0.1, -0.05) is 30.3 Å². The van der Waals surface area contributed by atoms with Crippen molar-refractivity contribution in [2.45, 2.75) is 17.6 Å². The summed E-state index contributed by atoms with van der Waals surface area (Å²) in [6.45, 7) is 1.32. The molecule has 0 atom stereocenters. The molecular weight excluding hydrogens is 288 g/mol. The average Bonchev–Trinajstić information content (AvgIpc) is 2.46. The van der Waals surface area contributed by atoms with Gasteiger partial charge in [0.2, 0.25) is 5.91 Å². The molecular formula is C15H14N2O3S. The standard InChI is InChI=1S/C15H14N2O3S/c1-11(18)16-14-8-7-13(9-15(14)17(19)20)21-10-12-5-3-2-4-6-12/h2-9H,10H2,1H3,(H,16,18). The number of thioether (sulfide) groups is 1. The van der Waals surface area contributed by atoms with Gasteiger partial charge in [0.05, 0.1) is 4.92 Å². The molecule has 2 rings (SSSR count). The van der Waals surface area contributed by atoms with Gasteiger partial charge in [0.1, 0.15) is 5.69 Å². The lowest BCUT2D eigenvalue weighted by atomic mass is 10.2. The molecule has 0 aliphatic rings. The SMILES string of the molecule is CC(=O)Nc1ccc(SCc2ccccc2)cc1[N+](=O)[O-]. The van der Waals surface area contributed by atoms with Crippen LogP contribution < -0.4 is 5.32 Å². The number of anilines is 1. The van der Waals surface area contributed by atoms with Crippen molar-refractivity contribution in [1.82, 2.24) is 0 Å². The molecule has 2 aromatic carbocycles. The summed E-state index contributed by atoms with van der Waals surface area (Å²) in [5.74, 6) is 0.403. The first kappa shape index (κ1) is 15.1. The first-order chi connectivity index (χ1) is 10.1. The minimum atomic E-state index is -0.488. The number of amides is 1. The van der Waals surface area contributed by atoms with E-state index in [-0.39, 0.29) is 17.3 Å². The molecule has 0 aliphatic heterocycles. The molecule has 0 saturated heterocycles. The summed E-state index contributed by atoms with van der Waals surface area (Å²) in [7, 11) is 0. The maximum absolute atomic E-state index is 11.1. The quantitative estimate of drug-likeness (QED) is 0.517. The highest BCUT2D eigenvalue weighted by molar-refractivity contribution is 7.98. The second-order valence-electron chi connectivity index (χ2n) is 4.39. The second-order valence-corrected chi connectivity index (χ2v) is 5.44. The van der Waals surface area contributed by atoms with Gasteiger partial charge in [0, 0.05) is 23.6 Å². The van der Waals surface area contributed by atoms with Crippen molar-refractivity contribution in [2.24, 2.45) is 0 Å². The Morgan fingerprint density at radius 1 is 1.24 bits per heavy atom. The summed E-state index contributed by atoms with van der Waals surface area (Å²) < 4.78 is 0. The van der Waals surface area contributed by atoms with Gasteiger partial charge in [0.25, 0.3) is 5.69 Å². The topological polar surface area (TPSA) is 72.2 Å². The molecule has 0 spiro atoms. The van der Waals surface area contributed by atoms with E-state index in [1.165, 1.54) is 24.8 Å². The highest BCUT2D eigenvalue weighted by Gasteiger charge is 2.15. The normalized spacial score (nSPS) is 10.1. The number of nitrogens with zero attached hydrogens (tertiary/aromatic N) is 1. The largest absolute Gasteiger partial charge is 0.321 e. The van der Waals surface area contributed by atoms with Crippen molar-refractivity contribution < 1.29 is 9.72 Å². The Morgan fingerprint density at radius 2 is 1.95 bits per heavy atom. The van der Waals surface area contributed by atoms with Crippen LogP contribution in [0.1, 0.15) is 12.5 Å². The molecule has 2 aromatic rings. The number of nitro benzene ring substituents is 1. The van der Waals surface area contributed by atoms with E-state index in [2.05, 4.69) is 5.32 Å². The Morgan fingerprint density at radius 3 is 2.57 bits per heavy atom. The van der Waals surface area contributed by atoms with Crippen LogP contribution in [0.5, 0.6) is 0 Å². The molecule has 0 aromatic heterocycles. The van der Waals surface area contributed by atoms with E-state index in [0.717, 1.165) is 16.2 Å². The summed E-state index contributed by atoms with van der Waals surface area (Å²) in [6, 6.07) is 14.7. The fourth-order valence-corrected chi connectivity index (χ4v) is 2.67. The van der Waals surface area contributed by atoms with Gasteiger partial charge < -0.3 is 5.32 Å². The monoisotopic (exact) mass is 302 g/mol. The number of nitrogens with one attached hydrogen (secondary N) is 1. The Hall–Kier alpha value is -2.34. The smallest absolute Gasteiger partial charge is 0.293 e. The van der Waals surface area contributed by atoms with Crippen molar-refractivity contribution in [2.75, 3.05) is 5.32 Å². The van der Waals surface area contributed by atoms with Crippen LogP contribution in [0.4, 0.5) is 11.4 Å². The Labute approximate surface area is 126 Å². The zero-order valence-electron chi connectivity index (χ0n) is 11.4. The van der Waals surface area contributed by atoms with Crippen LogP contribution in [0.2, 0.25) is 0 Å². The Bertz CT molecular complexity index is 659. The number of hydrogen-bond acceptors (Lipinski definition) is 4. The van der Waals surface area contributed by atoms with Gasteiger partial charge in [-0.2, -0.15) is 0 Å². The van der Waals surface area contributed by atoms with Gasteiger partial charge in [-0.15, -0.1) is 11.8 Å². The third kappa shape index (κ3) is 4.32. The molecule has 0 bridgehead atoms. The first-order valence-corrected chi connectivity index (χ1v) is 7.27. The van der Waals surface area contributed by atoms with E-state index in [9.17, 15) is 14.9 Å². The van der Waals surface area contributed by atoms with Crippen LogP contribution in [0.3, 0.4) is 0 Å². The number of nitro groups is 1. The molecule has 21 heavy (non-hydrogen) atoms. The number of hydrogen-bond donors (Lipinski definition) is 1. The molecule has 1 amide bonds. The molecule has 0 fully saturated rings. The minimum Gasteiger partial charge on any atom is -0.321 e. The van der Waals surface area contributed by atoms with Gasteiger partial charge >= 0.3 is 0 Å². The van der Waals surface area contributed by atoms with E-state index in [0.29, 0.717) is 0 Å². The molecule has 0 unspecified atom stereocenters. The van der Waals surface area contributed by atoms with Crippen molar-refractivity contribution in [3.8, 4) is 0 Å². The van der Waals surface area contributed by atoms with E-state index in [1.54, 1.807) is 12.1 Å². The van der Waals surface area contributed by atoms with E-state index in [1.807, 2.05) is 30.3 Å². The number of rotatable bonds is 5. The fourth-order valence-electron chi connectivity index (χ4n) is 1.79. The Balaban J connectivity index is 2.16. The minimum absolute atomic E-state index is 0.0942. The third-order valence-corrected chi connectivity index (χ3v) is 3.79. The summed E-state index contributed by atoms with van der Waals surface area (Å²) in [5, 5.41) is 13.5. The molecule has 0 heterocycles. The van der Waals surface area contributed by atoms with Gasteiger partial charge in [-0.05, 0) is 17.7 Å². The third-order valence-electron chi connectivity index (χ3n) is 2.72. The van der Waals surface area contributed by atoms with E-state index < -0.39 is 4.92 Å². The zero-order chi connectivity index (χ0) is 15.2. The predicted octanol–water partition coefficient (Wildman–Crippen LogP) is 3.85. The lowest BCUT2D eigenvalue weighted by Gasteiger charge is -2.06. The predicted molar refractivity (Wildman–Crippen MR) is 83.4 cm³/mol. The van der Waals surface area contributed by atoms with Crippen molar-refractivity contribution in [3.63, 3.8) is 0 Å². The average molecular weight is 302 g/mol.